The number of rotatable bonds is 6. The molecule has 0 bridgehead atoms. The van der Waals surface area contributed by atoms with Gasteiger partial charge in [-0.3, -0.25) is 0 Å². The Bertz CT molecular complexity index is 567. The van der Waals surface area contributed by atoms with Gasteiger partial charge in [0, 0.05) is 19.6 Å². The summed E-state index contributed by atoms with van der Waals surface area (Å²) in [5.41, 5.74) is 3.31. The van der Waals surface area contributed by atoms with E-state index in [1.165, 1.54) is 5.56 Å². The van der Waals surface area contributed by atoms with Crippen molar-refractivity contribution < 1.29 is 5.11 Å². The first-order valence-electron chi connectivity index (χ1n) is 7.29. The van der Waals surface area contributed by atoms with Gasteiger partial charge in [0.05, 0.1) is 5.69 Å². The molecule has 2 aromatic rings. The highest BCUT2D eigenvalue weighted by molar-refractivity contribution is 5.59. The summed E-state index contributed by atoms with van der Waals surface area (Å²) in [5, 5.41) is 10.2. The van der Waals surface area contributed by atoms with Crippen molar-refractivity contribution in [3.63, 3.8) is 0 Å². The second-order valence-corrected chi connectivity index (χ2v) is 5.70. The molecular formula is C18H24N2O. The molecular weight excluding hydrogens is 260 g/mol. The van der Waals surface area contributed by atoms with E-state index in [1.807, 2.05) is 18.2 Å². The van der Waals surface area contributed by atoms with E-state index in [9.17, 15) is 5.11 Å². The summed E-state index contributed by atoms with van der Waals surface area (Å²) in [4.78, 5) is 4.39. The first kappa shape index (κ1) is 15.4. The lowest BCUT2D eigenvalue weighted by Gasteiger charge is -2.27. The molecule has 0 unspecified atom stereocenters. The van der Waals surface area contributed by atoms with Gasteiger partial charge in [-0.05, 0) is 44.3 Å². The molecule has 1 N–H and O–H groups in total. The van der Waals surface area contributed by atoms with Crippen LogP contribution in [-0.4, -0.2) is 37.2 Å². The molecule has 3 heteroatoms. The Kier molecular flexibility index (Phi) is 5.23. The summed E-state index contributed by atoms with van der Waals surface area (Å²) in [7, 11) is 4.13. The SMILES string of the molecule is Cc1ccc(O)c(N(CCN(C)C)Cc2ccccc2)c1. The van der Waals surface area contributed by atoms with Gasteiger partial charge in [0.25, 0.3) is 0 Å². The number of aryl methyl sites for hydroxylation is 1. The van der Waals surface area contributed by atoms with E-state index in [0.29, 0.717) is 5.75 Å². The van der Waals surface area contributed by atoms with Crippen molar-refractivity contribution >= 4 is 5.69 Å². The predicted molar refractivity (Wildman–Crippen MR) is 88.9 cm³/mol. The Labute approximate surface area is 127 Å². The van der Waals surface area contributed by atoms with E-state index in [4.69, 9.17) is 0 Å². The van der Waals surface area contributed by atoms with Gasteiger partial charge in [0.1, 0.15) is 5.75 Å². The number of hydrogen-bond donors (Lipinski definition) is 1. The van der Waals surface area contributed by atoms with Gasteiger partial charge in [-0.15, -0.1) is 0 Å². The van der Waals surface area contributed by atoms with Crippen LogP contribution in [0.2, 0.25) is 0 Å². The third-order valence-corrected chi connectivity index (χ3v) is 3.50. The van der Waals surface area contributed by atoms with Crippen molar-refractivity contribution in [2.45, 2.75) is 13.5 Å². The van der Waals surface area contributed by atoms with Crippen LogP contribution in [0.25, 0.3) is 0 Å². The normalized spacial score (nSPS) is 10.9. The second kappa shape index (κ2) is 7.14. The number of nitrogens with zero attached hydrogens (tertiary/aromatic N) is 2. The molecule has 0 saturated carbocycles. The minimum Gasteiger partial charge on any atom is -0.506 e. The first-order valence-corrected chi connectivity index (χ1v) is 7.29. The molecule has 0 fully saturated rings. The third kappa shape index (κ3) is 4.50. The molecule has 21 heavy (non-hydrogen) atoms. The highest BCUT2D eigenvalue weighted by Crippen LogP contribution is 2.29. The molecule has 0 spiro atoms. The van der Waals surface area contributed by atoms with Gasteiger partial charge in [0.15, 0.2) is 0 Å². The fourth-order valence-electron chi connectivity index (χ4n) is 2.30. The van der Waals surface area contributed by atoms with Gasteiger partial charge in [0.2, 0.25) is 0 Å². The van der Waals surface area contributed by atoms with Crippen molar-refractivity contribution in [1.82, 2.24) is 4.90 Å². The quantitative estimate of drug-likeness (QED) is 0.882. The maximum atomic E-state index is 10.2. The monoisotopic (exact) mass is 284 g/mol. The van der Waals surface area contributed by atoms with Crippen molar-refractivity contribution in [3.05, 3.63) is 59.7 Å². The van der Waals surface area contributed by atoms with Crippen molar-refractivity contribution in [1.29, 1.82) is 0 Å². The summed E-state index contributed by atoms with van der Waals surface area (Å²) in [6, 6.07) is 16.1. The number of anilines is 1. The molecule has 0 amide bonds. The Morgan fingerprint density at radius 2 is 1.67 bits per heavy atom. The molecule has 0 aliphatic rings. The fraction of sp³-hybridized carbons (Fsp3) is 0.333. The second-order valence-electron chi connectivity index (χ2n) is 5.70. The Morgan fingerprint density at radius 1 is 0.952 bits per heavy atom. The minimum absolute atomic E-state index is 0.343. The molecule has 0 aromatic heterocycles. The van der Waals surface area contributed by atoms with E-state index in [-0.39, 0.29) is 0 Å². The van der Waals surface area contributed by atoms with E-state index in [2.05, 4.69) is 55.1 Å². The van der Waals surface area contributed by atoms with Crippen LogP contribution >= 0.6 is 0 Å². The Balaban J connectivity index is 2.24. The van der Waals surface area contributed by atoms with Crippen molar-refractivity contribution in [2.75, 3.05) is 32.1 Å². The topological polar surface area (TPSA) is 26.7 Å². The molecule has 0 aliphatic heterocycles. The number of benzene rings is 2. The molecule has 2 aromatic carbocycles. The van der Waals surface area contributed by atoms with Crippen molar-refractivity contribution in [2.24, 2.45) is 0 Å². The smallest absolute Gasteiger partial charge is 0.138 e. The van der Waals surface area contributed by atoms with Crippen LogP contribution in [0.4, 0.5) is 5.69 Å². The molecule has 0 heterocycles. The lowest BCUT2D eigenvalue weighted by atomic mass is 10.1. The summed E-state index contributed by atoms with van der Waals surface area (Å²) < 4.78 is 0. The zero-order valence-electron chi connectivity index (χ0n) is 13.1. The average molecular weight is 284 g/mol. The molecule has 2 rings (SSSR count). The average Bonchev–Trinajstić information content (AvgIpc) is 2.47. The van der Waals surface area contributed by atoms with Crippen LogP contribution in [-0.2, 0) is 6.54 Å². The highest BCUT2D eigenvalue weighted by atomic mass is 16.3. The summed E-state index contributed by atoms with van der Waals surface area (Å²) >= 11 is 0. The van der Waals surface area contributed by atoms with Crippen LogP contribution in [0.1, 0.15) is 11.1 Å². The molecule has 0 radical (unpaired) electrons. The van der Waals surface area contributed by atoms with E-state index < -0.39 is 0 Å². The zero-order valence-corrected chi connectivity index (χ0v) is 13.1. The number of phenols is 1. The summed E-state index contributed by atoms with van der Waals surface area (Å²) in [6.07, 6.45) is 0. The molecule has 112 valence electrons. The van der Waals surface area contributed by atoms with Crippen LogP contribution in [0, 0.1) is 6.92 Å². The molecule has 0 aliphatic carbocycles. The number of hydrogen-bond acceptors (Lipinski definition) is 3. The van der Waals surface area contributed by atoms with Crippen LogP contribution < -0.4 is 4.90 Å². The molecule has 3 nitrogen and oxygen atoms in total. The summed E-state index contributed by atoms with van der Waals surface area (Å²) in [5.74, 6) is 0.343. The van der Waals surface area contributed by atoms with Crippen LogP contribution in [0.15, 0.2) is 48.5 Å². The highest BCUT2D eigenvalue weighted by Gasteiger charge is 2.12. The maximum absolute atomic E-state index is 10.2. The fourth-order valence-corrected chi connectivity index (χ4v) is 2.30. The van der Waals surface area contributed by atoms with Gasteiger partial charge < -0.3 is 14.9 Å². The van der Waals surface area contributed by atoms with Crippen molar-refractivity contribution in [3.8, 4) is 5.75 Å². The minimum atomic E-state index is 0.343. The summed E-state index contributed by atoms with van der Waals surface area (Å²) in [6.45, 7) is 4.67. The largest absolute Gasteiger partial charge is 0.506 e. The standard InChI is InChI=1S/C18H24N2O/c1-15-9-10-18(21)17(13-15)20(12-11-19(2)3)14-16-7-5-4-6-8-16/h4-10,13,21H,11-12,14H2,1-3H3. The Hall–Kier alpha value is -2.00. The van der Waals surface area contributed by atoms with Crippen LogP contribution in [0.5, 0.6) is 5.75 Å². The van der Waals surface area contributed by atoms with E-state index >= 15 is 0 Å². The number of aromatic hydroxyl groups is 1. The lowest BCUT2D eigenvalue weighted by Crippen LogP contribution is -2.31. The first-order chi connectivity index (χ1) is 10.1. The molecule has 0 atom stereocenters. The van der Waals surface area contributed by atoms with Gasteiger partial charge in [-0.2, -0.15) is 0 Å². The third-order valence-electron chi connectivity index (χ3n) is 3.50. The number of likely N-dealkylation sites (N-methyl/N-ethyl adjacent to an activating group) is 1. The predicted octanol–water partition coefficient (Wildman–Crippen LogP) is 3.27. The lowest BCUT2D eigenvalue weighted by molar-refractivity contribution is 0.410. The maximum Gasteiger partial charge on any atom is 0.138 e. The van der Waals surface area contributed by atoms with Gasteiger partial charge >= 0.3 is 0 Å². The van der Waals surface area contributed by atoms with Gasteiger partial charge in [-0.25, -0.2) is 0 Å². The zero-order chi connectivity index (χ0) is 15.2. The number of phenolic OH excluding ortho intramolecular Hbond substituents is 1. The van der Waals surface area contributed by atoms with Crippen LogP contribution in [0.3, 0.4) is 0 Å². The van der Waals surface area contributed by atoms with E-state index in [0.717, 1.165) is 30.9 Å². The van der Waals surface area contributed by atoms with Gasteiger partial charge in [-0.1, -0.05) is 36.4 Å². The Morgan fingerprint density at radius 3 is 2.33 bits per heavy atom. The molecule has 0 saturated heterocycles. The van der Waals surface area contributed by atoms with E-state index in [1.54, 1.807) is 6.07 Å².